The molecule has 0 radical (unpaired) electrons. The molecule has 6 nitrogen and oxygen atoms in total. The van der Waals surface area contributed by atoms with Crippen molar-refractivity contribution in [3.05, 3.63) is 27.5 Å². The Morgan fingerprint density at radius 2 is 2.42 bits per heavy atom. The Labute approximate surface area is 72.0 Å². The lowest BCUT2D eigenvalue weighted by molar-refractivity contribution is -0.399. The molecule has 64 valence electrons. The van der Waals surface area contributed by atoms with Crippen LogP contribution in [0.4, 0.5) is 5.69 Å². The Bertz CT molecular complexity index is 317. The molecule has 0 atom stereocenters. The second-order valence-corrected chi connectivity index (χ2v) is 2.26. The predicted molar refractivity (Wildman–Crippen MR) is 39.5 cm³/mol. The molecule has 0 fully saturated rings. The number of nitrogens with zero attached hydrogens (tertiary/aromatic N) is 1. The second kappa shape index (κ2) is 3.33. The van der Waals surface area contributed by atoms with E-state index in [0.29, 0.717) is 0 Å². The van der Waals surface area contributed by atoms with Crippen LogP contribution >= 0.6 is 11.6 Å². The van der Waals surface area contributed by atoms with E-state index in [9.17, 15) is 10.1 Å². The first-order valence-electron chi connectivity index (χ1n) is 2.88. The fraction of sp³-hybridized carbons (Fsp3) is 0. The predicted octanol–water partition coefficient (Wildman–Crippen LogP) is 0.315. The van der Waals surface area contributed by atoms with E-state index in [4.69, 9.17) is 17.5 Å². The minimum absolute atomic E-state index is 0.00769. The van der Waals surface area contributed by atoms with Gasteiger partial charge in [-0.1, -0.05) is 0 Å². The molecule has 0 unspecified atom stereocenters. The summed E-state index contributed by atoms with van der Waals surface area (Å²) < 4.78 is 0. The third-order valence-electron chi connectivity index (χ3n) is 1.20. The van der Waals surface area contributed by atoms with Crippen molar-refractivity contribution in [3.63, 3.8) is 0 Å². The summed E-state index contributed by atoms with van der Waals surface area (Å²) in [6, 6.07) is 1.20. The summed E-state index contributed by atoms with van der Waals surface area (Å²) in [5.74, 6) is 4.60. The van der Waals surface area contributed by atoms with Gasteiger partial charge in [0, 0.05) is 0 Å². The van der Waals surface area contributed by atoms with E-state index in [2.05, 4.69) is 9.82 Å². The summed E-state index contributed by atoms with van der Waals surface area (Å²) in [6.07, 6.45) is 1.32. The van der Waals surface area contributed by atoms with Crippen LogP contribution in [0.25, 0.3) is 0 Å². The summed E-state index contributed by atoms with van der Waals surface area (Å²) in [5, 5.41) is 10.3. The zero-order chi connectivity index (χ0) is 9.14. The van der Waals surface area contributed by atoms with Crippen molar-refractivity contribution >= 4 is 17.3 Å². The summed E-state index contributed by atoms with van der Waals surface area (Å²) in [5.41, 5.74) is -0.277. The highest BCUT2D eigenvalue weighted by Gasteiger charge is 2.22. The van der Waals surface area contributed by atoms with Crippen molar-refractivity contribution in [2.75, 3.05) is 0 Å². The fourth-order valence-corrected chi connectivity index (χ4v) is 0.908. The Morgan fingerprint density at radius 1 is 1.75 bits per heavy atom. The Hall–Kier alpha value is -1.40. The van der Waals surface area contributed by atoms with Crippen LogP contribution < -0.4 is 15.7 Å². The Morgan fingerprint density at radius 3 is 2.83 bits per heavy atom. The number of aromatic amines is 1. The van der Waals surface area contributed by atoms with Crippen molar-refractivity contribution in [2.45, 2.75) is 0 Å². The number of nitrogens with two attached hydrogens (primary N) is 1. The molecule has 0 aliphatic rings. The molecule has 7 heteroatoms. The van der Waals surface area contributed by atoms with Gasteiger partial charge in [0.1, 0.15) is 0 Å². The van der Waals surface area contributed by atoms with Gasteiger partial charge in [0.25, 0.3) is 0 Å². The number of H-pyrrole nitrogens is 1. The molecule has 0 amide bonds. The maximum atomic E-state index is 10.3. The minimum atomic E-state index is -0.637. The lowest BCUT2D eigenvalue weighted by Crippen LogP contribution is -2.11. The highest BCUT2D eigenvalue weighted by Crippen LogP contribution is 2.29. The SMILES string of the molecule is NOc1c([N+](=O)[O-])cc[nH+]c1Cl. The number of rotatable bonds is 2. The van der Waals surface area contributed by atoms with Crippen molar-refractivity contribution in [1.82, 2.24) is 0 Å². The van der Waals surface area contributed by atoms with Gasteiger partial charge in [0.05, 0.1) is 11.0 Å². The largest absolute Gasteiger partial charge is 0.396 e. The van der Waals surface area contributed by atoms with Crippen LogP contribution in [-0.2, 0) is 0 Å². The van der Waals surface area contributed by atoms with Crippen LogP contribution in [0.15, 0.2) is 12.3 Å². The Balaban J connectivity index is 3.27. The van der Waals surface area contributed by atoms with E-state index in [-0.39, 0.29) is 16.6 Å². The van der Waals surface area contributed by atoms with E-state index in [1.807, 2.05) is 0 Å². The monoisotopic (exact) mass is 190 g/mol. The molecule has 1 rings (SSSR count). The first-order chi connectivity index (χ1) is 5.66. The molecule has 1 heterocycles. The lowest BCUT2D eigenvalue weighted by Gasteiger charge is -1.96. The van der Waals surface area contributed by atoms with Crippen LogP contribution in [0.2, 0.25) is 5.15 Å². The van der Waals surface area contributed by atoms with Gasteiger partial charge in [-0.3, -0.25) is 10.1 Å². The van der Waals surface area contributed by atoms with Gasteiger partial charge >= 0.3 is 16.6 Å². The molecule has 0 saturated heterocycles. The number of halogens is 1. The summed E-state index contributed by atoms with van der Waals surface area (Å²) >= 11 is 5.51. The topological polar surface area (TPSA) is 92.5 Å². The maximum Gasteiger partial charge on any atom is 0.327 e. The van der Waals surface area contributed by atoms with Crippen molar-refractivity contribution in [3.8, 4) is 5.75 Å². The minimum Gasteiger partial charge on any atom is -0.396 e. The normalized spacial score (nSPS) is 9.50. The number of pyridine rings is 1. The van der Waals surface area contributed by atoms with Gasteiger partial charge in [-0.05, 0) is 11.6 Å². The van der Waals surface area contributed by atoms with Crippen LogP contribution in [0.1, 0.15) is 0 Å². The van der Waals surface area contributed by atoms with Crippen molar-refractivity contribution in [2.24, 2.45) is 5.90 Å². The van der Waals surface area contributed by atoms with Gasteiger partial charge in [-0.25, -0.2) is 0 Å². The van der Waals surface area contributed by atoms with Crippen LogP contribution in [0.3, 0.4) is 0 Å². The summed E-state index contributed by atoms with van der Waals surface area (Å²) in [4.78, 5) is 16.4. The molecule has 0 aliphatic heterocycles. The number of nitrogens with one attached hydrogen (secondary N) is 1. The molecule has 0 bridgehead atoms. The molecule has 0 spiro atoms. The van der Waals surface area contributed by atoms with Gasteiger partial charge in [0.15, 0.2) is 6.20 Å². The average Bonchev–Trinajstić information content (AvgIpc) is 2.03. The van der Waals surface area contributed by atoms with Gasteiger partial charge in [0.2, 0.25) is 0 Å². The summed E-state index contributed by atoms with van der Waals surface area (Å²) in [6.45, 7) is 0. The molecular weight excluding hydrogens is 186 g/mol. The molecule has 0 aliphatic carbocycles. The average molecular weight is 191 g/mol. The number of hydrogen-bond acceptors (Lipinski definition) is 4. The molecule has 0 aromatic carbocycles. The number of nitro groups is 1. The quantitative estimate of drug-likeness (QED) is 0.413. The second-order valence-electron chi connectivity index (χ2n) is 1.88. The molecule has 3 N–H and O–H groups in total. The molecule has 1 aromatic rings. The highest BCUT2D eigenvalue weighted by atomic mass is 35.5. The van der Waals surface area contributed by atoms with Crippen LogP contribution in [0, 0.1) is 10.1 Å². The van der Waals surface area contributed by atoms with Crippen molar-refractivity contribution < 1.29 is 14.7 Å². The zero-order valence-corrected chi connectivity index (χ0v) is 6.54. The lowest BCUT2D eigenvalue weighted by atomic mass is 10.4. The van der Waals surface area contributed by atoms with E-state index in [1.165, 1.54) is 12.3 Å². The van der Waals surface area contributed by atoms with Crippen LogP contribution in [-0.4, -0.2) is 4.92 Å². The van der Waals surface area contributed by atoms with Gasteiger partial charge in [-0.2, -0.15) is 10.9 Å². The van der Waals surface area contributed by atoms with Crippen molar-refractivity contribution in [1.29, 1.82) is 0 Å². The van der Waals surface area contributed by atoms with E-state index in [0.717, 1.165) is 0 Å². The highest BCUT2D eigenvalue weighted by molar-refractivity contribution is 6.30. The van der Waals surface area contributed by atoms with Gasteiger partial charge in [-0.15, -0.1) is 0 Å². The number of aromatic nitrogens is 1. The first kappa shape index (κ1) is 8.69. The fourth-order valence-electron chi connectivity index (χ4n) is 0.703. The molecular formula is C5H5ClN3O3+. The van der Waals surface area contributed by atoms with E-state index in [1.54, 1.807) is 0 Å². The zero-order valence-electron chi connectivity index (χ0n) is 5.78. The van der Waals surface area contributed by atoms with E-state index < -0.39 is 4.92 Å². The number of hydrogen-bond donors (Lipinski definition) is 1. The third-order valence-corrected chi connectivity index (χ3v) is 1.48. The standard InChI is InChI=1S/C5H4ClN3O3/c6-5-4(12-7)3(9(10)11)1-2-8-5/h1-2H,7H2/p+1. The van der Waals surface area contributed by atoms with Gasteiger partial charge < -0.3 is 4.84 Å². The molecule has 1 aromatic heterocycles. The smallest absolute Gasteiger partial charge is 0.327 e. The molecule has 12 heavy (non-hydrogen) atoms. The Kier molecular flexibility index (Phi) is 2.41. The third kappa shape index (κ3) is 1.44. The summed E-state index contributed by atoms with van der Waals surface area (Å²) in [7, 11) is 0. The first-order valence-corrected chi connectivity index (χ1v) is 3.26. The molecule has 0 saturated carbocycles. The van der Waals surface area contributed by atoms with Crippen LogP contribution in [0.5, 0.6) is 5.75 Å². The maximum absolute atomic E-state index is 10.3. The van der Waals surface area contributed by atoms with E-state index >= 15 is 0 Å².